The summed E-state index contributed by atoms with van der Waals surface area (Å²) < 4.78 is 25.9. The summed E-state index contributed by atoms with van der Waals surface area (Å²) in [5.74, 6) is -2.52. The van der Waals surface area contributed by atoms with Crippen molar-refractivity contribution in [3.05, 3.63) is 0 Å². The molecule has 1 rings (SSSR count). The lowest BCUT2D eigenvalue weighted by Gasteiger charge is -2.42. The zero-order valence-electron chi connectivity index (χ0n) is 13.6. The fraction of sp³-hybridized carbons (Fsp3) is 0.714. The molecule has 9 nitrogen and oxygen atoms in total. The summed E-state index contributed by atoms with van der Waals surface area (Å²) in [5.41, 5.74) is 0. The van der Waals surface area contributed by atoms with Gasteiger partial charge in [-0.1, -0.05) is 15.9 Å². The van der Waals surface area contributed by atoms with E-state index >= 15 is 0 Å². The molecule has 0 N–H and O–H groups in total. The van der Waals surface area contributed by atoms with Crippen LogP contribution in [0.5, 0.6) is 0 Å². The topological polar surface area (TPSA) is 114 Å². The van der Waals surface area contributed by atoms with E-state index in [0.29, 0.717) is 0 Å². The van der Waals surface area contributed by atoms with Gasteiger partial charge in [-0.3, -0.25) is 19.2 Å². The van der Waals surface area contributed by atoms with Gasteiger partial charge in [-0.2, -0.15) is 0 Å². The number of rotatable bonds is 5. The number of halogens is 1. The molecule has 0 radical (unpaired) electrons. The molecule has 0 spiro atoms. The average molecular weight is 411 g/mol. The third-order valence-electron chi connectivity index (χ3n) is 2.93. The molecule has 2 unspecified atom stereocenters. The Balaban J connectivity index is 3.11. The second-order valence-corrected chi connectivity index (χ2v) is 5.95. The molecule has 1 aliphatic heterocycles. The number of carbonyl (C=O) groups is 4. The third-order valence-corrected chi connectivity index (χ3v) is 3.67. The highest BCUT2D eigenvalue weighted by Crippen LogP contribution is 2.31. The number of alkyl halides is 1. The van der Waals surface area contributed by atoms with E-state index in [1.807, 2.05) is 0 Å². The van der Waals surface area contributed by atoms with Crippen LogP contribution >= 0.6 is 15.9 Å². The van der Waals surface area contributed by atoms with E-state index in [1.165, 1.54) is 13.8 Å². The minimum absolute atomic E-state index is 0.236. The van der Waals surface area contributed by atoms with Crippen LogP contribution in [0.4, 0.5) is 0 Å². The first kappa shape index (κ1) is 20.4. The molecule has 0 saturated carbocycles. The van der Waals surface area contributed by atoms with Crippen molar-refractivity contribution in [2.45, 2.75) is 57.1 Å². The first-order chi connectivity index (χ1) is 11.1. The normalized spacial score (nSPS) is 29.3. The molecule has 136 valence electrons. The minimum Gasteiger partial charge on any atom is -0.463 e. The molecule has 1 saturated heterocycles. The van der Waals surface area contributed by atoms with Crippen LogP contribution in [0.3, 0.4) is 0 Å². The maximum atomic E-state index is 11.4. The summed E-state index contributed by atoms with van der Waals surface area (Å²) in [6.45, 7) is 4.47. The maximum Gasteiger partial charge on any atom is 0.303 e. The average Bonchev–Trinajstić information content (AvgIpc) is 2.42. The summed E-state index contributed by atoms with van der Waals surface area (Å²) in [4.78, 5) is 45.1. The van der Waals surface area contributed by atoms with Crippen LogP contribution in [-0.4, -0.2) is 59.9 Å². The van der Waals surface area contributed by atoms with Crippen molar-refractivity contribution in [2.24, 2.45) is 0 Å². The molecular weight excluding hydrogens is 392 g/mol. The predicted octanol–water partition coefficient (Wildman–Crippen LogP) is 0.464. The molecule has 0 aromatic rings. The van der Waals surface area contributed by atoms with E-state index in [9.17, 15) is 19.2 Å². The number of ether oxygens (including phenoxy) is 5. The largest absolute Gasteiger partial charge is 0.463 e. The number of hydrogen-bond donors (Lipinski definition) is 0. The van der Waals surface area contributed by atoms with Gasteiger partial charge in [0.1, 0.15) is 12.7 Å². The van der Waals surface area contributed by atoms with Gasteiger partial charge >= 0.3 is 23.9 Å². The van der Waals surface area contributed by atoms with Crippen molar-refractivity contribution >= 4 is 39.8 Å². The highest BCUT2D eigenvalue weighted by Gasteiger charge is 2.51. The van der Waals surface area contributed by atoms with Gasteiger partial charge in [-0.25, -0.2) is 0 Å². The van der Waals surface area contributed by atoms with Crippen LogP contribution < -0.4 is 0 Å². The van der Waals surface area contributed by atoms with E-state index in [-0.39, 0.29) is 6.61 Å². The van der Waals surface area contributed by atoms with Gasteiger partial charge < -0.3 is 23.7 Å². The molecule has 0 aromatic carbocycles. The quantitative estimate of drug-likeness (QED) is 0.362. The van der Waals surface area contributed by atoms with Gasteiger partial charge in [-0.05, 0) is 0 Å². The molecule has 0 bridgehead atoms. The first-order valence-electron chi connectivity index (χ1n) is 7.06. The van der Waals surface area contributed by atoms with E-state index in [4.69, 9.17) is 23.7 Å². The molecule has 24 heavy (non-hydrogen) atoms. The maximum absolute atomic E-state index is 11.4. The van der Waals surface area contributed by atoms with E-state index in [2.05, 4.69) is 15.9 Å². The summed E-state index contributed by atoms with van der Waals surface area (Å²) in [5, 5.41) is -0.863. The van der Waals surface area contributed by atoms with Crippen LogP contribution in [0.25, 0.3) is 0 Å². The number of carbonyl (C=O) groups excluding carboxylic acids is 4. The van der Waals surface area contributed by atoms with Crippen molar-refractivity contribution in [1.29, 1.82) is 0 Å². The van der Waals surface area contributed by atoms with Crippen molar-refractivity contribution in [2.75, 3.05) is 6.61 Å². The van der Waals surface area contributed by atoms with Crippen molar-refractivity contribution in [1.82, 2.24) is 0 Å². The highest BCUT2D eigenvalue weighted by molar-refractivity contribution is 9.09. The Labute approximate surface area is 147 Å². The Morgan fingerprint density at radius 2 is 1.25 bits per heavy atom. The first-order valence-corrected chi connectivity index (χ1v) is 7.98. The van der Waals surface area contributed by atoms with Gasteiger partial charge in [-0.15, -0.1) is 0 Å². The summed E-state index contributed by atoms with van der Waals surface area (Å²) in [6.07, 6.45) is -4.22. The van der Waals surface area contributed by atoms with Gasteiger partial charge in [0.05, 0.1) is 0 Å². The highest BCUT2D eigenvalue weighted by atomic mass is 79.9. The van der Waals surface area contributed by atoms with Gasteiger partial charge in [0.25, 0.3) is 0 Å². The zero-order valence-corrected chi connectivity index (χ0v) is 15.2. The molecule has 1 heterocycles. The molecule has 0 aromatic heterocycles. The van der Waals surface area contributed by atoms with Crippen LogP contribution in [0.2, 0.25) is 0 Å². The lowest BCUT2D eigenvalue weighted by molar-refractivity contribution is -0.236. The van der Waals surface area contributed by atoms with E-state index < -0.39 is 53.3 Å². The van der Waals surface area contributed by atoms with Crippen LogP contribution in [0.1, 0.15) is 27.7 Å². The second-order valence-electron chi connectivity index (χ2n) is 5.05. The third kappa shape index (κ3) is 6.08. The molecule has 1 aliphatic rings. The molecule has 0 amide bonds. The molecule has 5 atom stereocenters. The van der Waals surface area contributed by atoms with Crippen LogP contribution in [0.15, 0.2) is 0 Å². The fourth-order valence-corrected chi connectivity index (χ4v) is 2.86. The Hall–Kier alpha value is -1.68. The summed E-state index contributed by atoms with van der Waals surface area (Å²) >= 11 is 3.18. The van der Waals surface area contributed by atoms with Crippen molar-refractivity contribution < 1.29 is 42.9 Å². The van der Waals surface area contributed by atoms with Crippen molar-refractivity contribution in [3.8, 4) is 0 Å². The summed E-state index contributed by atoms with van der Waals surface area (Å²) in [6, 6.07) is 0. The zero-order chi connectivity index (χ0) is 18.4. The van der Waals surface area contributed by atoms with Gasteiger partial charge in [0, 0.05) is 27.7 Å². The fourth-order valence-electron chi connectivity index (χ4n) is 2.18. The second kappa shape index (κ2) is 8.97. The van der Waals surface area contributed by atoms with Gasteiger partial charge in [0.15, 0.2) is 23.3 Å². The number of hydrogen-bond acceptors (Lipinski definition) is 9. The predicted molar refractivity (Wildman–Crippen MR) is 80.9 cm³/mol. The van der Waals surface area contributed by atoms with Crippen molar-refractivity contribution in [3.63, 3.8) is 0 Å². The smallest absolute Gasteiger partial charge is 0.303 e. The minimum atomic E-state index is -1.13. The lowest BCUT2D eigenvalue weighted by atomic mass is 9.99. The molecule has 10 heteroatoms. The monoisotopic (exact) mass is 410 g/mol. The lowest BCUT2D eigenvalue weighted by Crippen LogP contribution is -2.60. The number of esters is 4. The molecule has 1 fully saturated rings. The van der Waals surface area contributed by atoms with Gasteiger partial charge in [0.2, 0.25) is 0 Å². The molecular formula is C14H19BrO9. The Morgan fingerprint density at radius 1 is 0.792 bits per heavy atom. The summed E-state index contributed by atoms with van der Waals surface area (Å²) in [7, 11) is 0. The Kier molecular flexibility index (Phi) is 7.61. The molecule has 0 aliphatic carbocycles. The van der Waals surface area contributed by atoms with E-state index in [0.717, 1.165) is 13.8 Å². The standard InChI is InChI=1S/C14H19BrO9/c1-6(16)20-5-10-11(21-7(2)17)12(22-8(3)18)13(14(15)24-10)23-9(4)19/h10-14H,5H2,1-4H3/t10?,11-,12-,13?,14-/m0/s1. The van der Waals surface area contributed by atoms with Crippen LogP contribution in [0, 0.1) is 0 Å². The SMILES string of the molecule is CC(=O)OCC1O[C@H](Br)C(OC(C)=O)[C@@H](OC(C)=O)[C@H]1OC(C)=O. The van der Waals surface area contributed by atoms with Crippen LogP contribution in [-0.2, 0) is 42.9 Å². The van der Waals surface area contributed by atoms with E-state index in [1.54, 1.807) is 0 Å². The Morgan fingerprint density at radius 3 is 1.71 bits per heavy atom. The Bertz CT molecular complexity index is 506.